The van der Waals surface area contributed by atoms with Gasteiger partial charge in [-0.1, -0.05) is 27.7 Å². The van der Waals surface area contributed by atoms with Crippen LogP contribution in [-0.4, -0.2) is 10.4 Å². The van der Waals surface area contributed by atoms with Crippen LogP contribution in [0.3, 0.4) is 0 Å². The monoisotopic (exact) mass is 277 g/mol. The number of nitriles is 1. The average molecular weight is 277 g/mol. The summed E-state index contributed by atoms with van der Waals surface area (Å²) >= 11 is 1.41. The topological polar surface area (TPSA) is 48.7 Å². The molecule has 1 aromatic heterocycles. The normalized spacial score (nSPS) is 21.9. The number of aromatic nitrogens is 1. The van der Waals surface area contributed by atoms with E-state index in [4.69, 9.17) is 0 Å². The van der Waals surface area contributed by atoms with Crippen LogP contribution in [-0.2, 0) is 0 Å². The zero-order valence-electron chi connectivity index (χ0n) is 12.5. The van der Waals surface area contributed by atoms with Gasteiger partial charge in [0.05, 0.1) is 5.69 Å². The first-order valence-corrected chi connectivity index (χ1v) is 7.63. The Kier molecular flexibility index (Phi) is 3.61. The first-order valence-electron chi connectivity index (χ1n) is 6.85. The van der Waals surface area contributed by atoms with Crippen molar-refractivity contribution in [3.63, 3.8) is 0 Å². The fourth-order valence-corrected chi connectivity index (χ4v) is 4.56. The van der Waals surface area contributed by atoms with Crippen LogP contribution in [0.15, 0.2) is 0 Å². The third kappa shape index (κ3) is 3.27. The fourth-order valence-electron chi connectivity index (χ4n) is 3.73. The van der Waals surface area contributed by atoms with Gasteiger partial charge in [0, 0.05) is 6.04 Å². The molecular formula is C15H23N3S. The Morgan fingerprint density at radius 3 is 2.37 bits per heavy atom. The van der Waals surface area contributed by atoms with Crippen LogP contribution in [0.25, 0.3) is 0 Å². The van der Waals surface area contributed by atoms with Crippen LogP contribution >= 0.6 is 11.5 Å². The van der Waals surface area contributed by atoms with E-state index in [1.807, 2.05) is 6.92 Å². The molecule has 1 aliphatic carbocycles. The lowest BCUT2D eigenvalue weighted by molar-refractivity contribution is 0.105. The molecule has 104 valence electrons. The lowest BCUT2D eigenvalue weighted by Gasteiger charge is -2.45. The number of rotatable bonds is 2. The number of nitrogens with zero attached hydrogens (tertiary/aromatic N) is 2. The Hall–Kier alpha value is -1.08. The maximum atomic E-state index is 9.20. The molecule has 3 nitrogen and oxygen atoms in total. The minimum absolute atomic E-state index is 0.353. The van der Waals surface area contributed by atoms with E-state index in [-0.39, 0.29) is 0 Å². The van der Waals surface area contributed by atoms with E-state index in [2.05, 4.69) is 43.5 Å². The summed E-state index contributed by atoms with van der Waals surface area (Å²) in [5.74, 6) is 0. The molecule has 0 amide bonds. The molecule has 1 aromatic rings. The molecule has 0 bridgehead atoms. The van der Waals surface area contributed by atoms with Crippen molar-refractivity contribution in [3.8, 4) is 6.07 Å². The van der Waals surface area contributed by atoms with Gasteiger partial charge in [0.1, 0.15) is 16.6 Å². The first kappa shape index (κ1) is 14.3. The number of anilines is 1. The van der Waals surface area contributed by atoms with E-state index in [0.717, 1.165) is 23.5 Å². The third-order valence-electron chi connectivity index (χ3n) is 3.86. The molecule has 0 aliphatic heterocycles. The minimum atomic E-state index is 0.353. The van der Waals surface area contributed by atoms with E-state index >= 15 is 0 Å². The van der Waals surface area contributed by atoms with Crippen LogP contribution in [0.1, 0.15) is 58.2 Å². The average Bonchev–Trinajstić information content (AvgIpc) is 2.54. The molecule has 0 atom stereocenters. The van der Waals surface area contributed by atoms with Crippen molar-refractivity contribution in [1.29, 1.82) is 5.26 Å². The predicted octanol–water partition coefficient (Wildman–Crippen LogP) is 4.34. The second-order valence-corrected chi connectivity index (χ2v) is 8.11. The highest BCUT2D eigenvalue weighted by Crippen LogP contribution is 2.46. The van der Waals surface area contributed by atoms with Crippen LogP contribution in [0.2, 0.25) is 0 Å². The number of hydrogen-bond donors (Lipinski definition) is 1. The molecule has 0 spiro atoms. The van der Waals surface area contributed by atoms with Crippen LogP contribution in [0.5, 0.6) is 0 Å². The summed E-state index contributed by atoms with van der Waals surface area (Å²) in [4.78, 5) is 0. The zero-order chi connectivity index (χ0) is 14.3. The van der Waals surface area contributed by atoms with E-state index in [1.54, 1.807) is 0 Å². The molecule has 4 heteroatoms. The van der Waals surface area contributed by atoms with Gasteiger partial charge in [-0.15, -0.1) is 0 Å². The van der Waals surface area contributed by atoms with Crippen LogP contribution in [0.4, 0.5) is 5.00 Å². The summed E-state index contributed by atoms with van der Waals surface area (Å²) < 4.78 is 4.28. The molecule has 19 heavy (non-hydrogen) atoms. The molecule has 0 aromatic carbocycles. The van der Waals surface area contributed by atoms with Crippen molar-refractivity contribution < 1.29 is 0 Å². The summed E-state index contributed by atoms with van der Waals surface area (Å²) in [6.45, 7) is 11.3. The molecule has 1 heterocycles. The van der Waals surface area contributed by atoms with Gasteiger partial charge in [0.15, 0.2) is 0 Å². The number of nitrogens with one attached hydrogen (secondary N) is 1. The van der Waals surface area contributed by atoms with Crippen molar-refractivity contribution >= 4 is 16.5 Å². The maximum Gasteiger partial charge on any atom is 0.127 e. The lowest BCUT2D eigenvalue weighted by Crippen LogP contribution is -2.40. The summed E-state index contributed by atoms with van der Waals surface area (Å²) in [7, 11) is 0. The second-order valence-electron chi connectivity index (χ2n) is 7.34. The van der Waals surface area contributed by atoms with Gasteiger partial charge in [-0.05, 0) is 48.5 Å². The van der Waals surface area contributed by atoms with Crippen molar-refractivity contribution in [2.45, 2.75) is 59.9 Å². The van der Waals surface area contributed by atoms with Gasteiger partial charge in [-0.2, -0.15) is 9.64 Å². The van der Waals surface area contributed by atoms with E-state index in [0.29, 0.717) is 22.4 Å². The molecule has 0 saturated heterocycles. The van der Waals surface area contributed by atoms with Crippen LogP contribution < -0.4 is 5.32 Å². The summed E-state index contributed by atoms with van der Waals surface area (Å²) in [5.41, 5.74) is 2.26. The highest BCUT2D eigenvalue weighted by molar-refractivity contribution is 7.10. The highest BCUT2D eigenvalue weighted by atomic mass is 32.1. The SMILES string of the molecule is Cc1nsc(NC2CC(C)(C)CC(C)(C)C2)c1C#N. The second kappa shape index (κ2) is 4.79. The van der Waals surface area contributed by atoms with Gasteiger partial charge in [-0.3, -0.25) is 0 Å². The minimum Gasteiger partial charge on any atom is -0.372 e. The Labute approximate surface area is 120 Å². The molecule has 1 fully saturated rings. The van der Waals surface area contributed by atoms with Gasteiger partial charge in [0.2, 0.25) is 0 Å². The Bertz CT molecular complexity index is 492. The summed E-state index contributed by atoms with van der Waals surface area (Å²) in [5, 5.41) is 13.7. The number of hydrogen-bond acceptors (Lipinski definition) is 4. The zero-order valence-corrected chi connectivity index (χ0v) is 13.3. The Morgan fingerprint density at radius 2 is 1.84 bits per heavy atom. The fraction of sp³-hybridized carbons (Fsp3) is 0.733. The molecule has 1 aliphatic rings. The Morgan fingerprint density at radius 1 is 1.26 bits per heavy atom. The maximum absolute atomic E-state index is 9.20. The van der Waals surface area contributed by atoms with E-state index in [9.17, 15) is 5.26 Å². The molecule has 0 radical (unpaired) electrons. The standard InChI is InChI=1S/C15H23N3S/c1-10-12(8-16)13(19-18-10)17-11-6-14(2,3)9-15(4,5)7-11/h11,17H,6-7,9H2,1-5H3. The quantitative estimate of drug-likeness (QED) is 0.874. The molecule has 1 saturated carbocycles. The molecule has 0 unspecified atom stereocenters. The molecular weight excluding hydrogens is 254 g/mol. The van der Waals surface area contributed by atoms with Crippen molar-refractivity contribution in [2.24, 2.45) is 10.8 Å². The van der Waals surface area contributed by atoms with Crippen LogP contribution in [0, 0.1) is 29.1 Å². The van der Waals surface area contributed by atoms with Crippen molar-refractivity contribution in [3.05, 3.63) is 11.3 Å². The van der Waals surface area contributed by atoms with Gasteiger partial charge in [-0.25, -0.2) is 0 Å². The molecule has 2 rings (SSSR count). The molecule has 1 N–H and O–H groups in total. The van der Waals surface area contributed by atoms with Gasteiger partial charge in [0.25, 0.3) is 0 Å². The third-order valence-corrected chi connectivity index (χ3v) is 4.73. The van der Waals surface area contributed by atoms with Gasteiger partial charge >= 0.3 is 0 Å². The van der Waals surface area contributed by atoms with Crippen molar-refractivity contribution in [1.82, 2.24) is 4.37 Å². The van der Waals surface area contributed by atoms with E-state index < -0.39 is 0 Å². The Balaban J connectivity index is 2.17. The highest BCUT2D eigenvalue weighted by Gasteiger charge is 2.38. The lowest BCUT2D eigenvalue weighted by atomic mass is 9.63. The summed E-state index contributed by atoms with van der Waals surface area (Å²) in [6.07, 6.45) is 3.56. The largest absolute Gasteiger partial charge is 0.372 e. The smallest absolute Gasteiger partial charge is 0.127 e. The first-order chi connectivity index (χ1) is 8.72. The predicted molar refractivity (Wildman–Crippen MR) is 80.4 cm³/mol. The van der Waals surface area contributed by atoms with Crippen molar-refractivity contribution in [2.75, 3.05) is 5.32 Å². The van der Waals surface area contributed by atoms with E-state index in [1.165, 1.54) is 18.0 Å². The summed E-state index contributed by atoms with van der Waals surface area (Å²) in [6, 6.07) is 2.70. The number of aryl methyl sites for hydroxylation is 1. The van der Waals surface area contributed by atoms with Gasteiger partial charge < -0.3 is 5.32 Å².